The Bertz CT molecular complexity index is 636. The molecule has 1 heterocycles. The number of benzene rings is 2. The molecule has 3 rings (SSSR count). The minimum Gasteiger partial charge on any atom is -0.339 e. The van der Waals surface area contributed by atoms with Crippen molar-refractivity contribution in [3.05, 3.63) is 48.0 Å². The summed E-state index contributed by atoms with van der Waals surface area (Å²) in [6.45, 7) is 2.80. The largest absolute Gasteiger partial charge is 0.339 e. The molecule has 0 bridgehead atoms. The zero-order valence-corrected chi connectivity index (χ0v) is 13.7. The summed E-state index contributed by atoms with van der Waals surface area (Å²) in [7, 11) is 1.99. The highest BCUT2D eigenvalue weighted by Gasteiger charge is 2.23. The minimum absolute atomic E-state index is 0. The van der Waals surface area contributed by atoms with E-state index >= 15 is 0 Å². The Labute approximate surface area is 138 Å². The number of nitrogens with one attached hydrogen (secondary N) is 1. The van der Waals surface area contributed by atoms with E-state index in [0.717, 1.165) is 43.4 Å². The second-order valence-electron chi connectivity index (χ2n) is 5.86. The molecule has 2 aromatic rings. The number of carbonyl (C=O) groups excluding carboxylic acids is 1. The molecule has 0 unspecified atom stereocenters. The summed E-state index contributed by atoms with van der Waals surface area (Å²) in [5, 5.41) is 5.54. The Morgan fingerprint density at radius 2 is 1.82 bits per heavy atom. The van der Waals surface area contributed by atoms with Crippen molar-refractivity contribution in [3.63, 3.8) is 0 Å². The minimum atomic E-state index is 0. The van der Waals surface area contributed by atoms with Gasteiger partial charge in [-0.3, -0.25) is 4.79 Å². The summed E-state index contributed by atoms with van der Waals surface area (Å²) in [6, 6.07) is 14.2. The van der Waals surface area contributed by atoms with E-state index in [1.807, 2.05) is 42.3 Å². The molecule has 1 aliphatic rings. The molecule has 2 aromatic carbocycles. The number of rotatable bonds is 3. The van der Waals surface area contributed by atoms with Crippen LogP contribution in [0.4, 0.5) is 0 Å². The van der Waals surface area contributed by atoms with Gasteiger partial charge in [-0.05, 0) is 55.3 Å². The second kappa shape index (κ2) is 7.61. The molecule has 0 aromatic heterocycles. The number of hydrogen-bond donors (Lipinski definition) is 1. The number of piperidine rings is 1. The number of likely N-dealkylation sites (tertiary alicyclic amines) is 1. The van der Waals surface area contributed by atoms with Gasteiger partial charge in [-0.1, -0.05) is 30.3 Å². The maximum atomic E-state index is 12.6. The van der Waals surface area contributed by atoms with Gasteiger partial charge in [0, 0.05) is 18.7 Å². The maximum Gasteiger partial charge on any atom is 0.253 e. The summed E-state index contributed by atoms with van der Waals surface area (Å²) < 4.78 is 0. The topological polar surface area (TPSA) is 32.3 Å². The molecule has 1 fully saturated rings. The third-order valence-electron chi connectivity index (χ3n) is 4.39. The summed E-state index contributed by atoms with van der Waals surface area (Å²) in [4.78, 5) is 14.6. The first-order valence-corrected chi connectivity index (χ1v) is 7.70. The van der Waals surface area contributed by atoms with E-state index in [-0.39, 0.29) is 18.3 Å². The Kier molecular flexibility index (Phi) is 5.81. The molecule has 1 aliphatic heterocycles. The van der Waals surface area contributed by atoms with E-state index in [1.165, 1.54) is 5.39 Å². The predicted octanol–water partition coefficient (Wildman–Crippen LogP) is 3.33. The van der Waals surface area contributed by atoms with E-state index in [1.54, 1.807) is 0 Å². The number of nitrogens with zero attached hydrogens (tertiary/aromatic N) is 1. The van der Waals surface area contributed by atoms with E-state index in [2.05, 4.69) is 17.4 Å². The van der Waals surface area contributed by atoms with Gasteiger partial charge in [0.2, 0.25) is 0 Å². The lowest BCUT2D eigenvalue weighted by Gasteiger charge is -2.32. The zero-order chi connectivity index (χ0) is 14.7. The zero-order valence-electron chi connectivity index (χ0n) is 12.9. The van der Waals surface area contributed by atoms with E-state index in [0.29, 0.717) is 5.92 Å². The molecule has 0 atom stereocenters. The molecule has 0 saturated carbocycles. The highest BCUT2D eigenvalue weighted by atomic mass is 35.5. The van der Waals surface area contributed by atoms with Crippen LogP contribution >= 0.6 is 12.4 Å². The lowest BCUT2D eigenvalue weighted by Crippen LogP contribution is -2.40. The number of halogens is 1. The molecular weight excluding hydrogens is 296 g/mol. The lowest BCUT2D eigenvalue weighted by molar-refractivity contribution is 0.0691. The van der Waals surface area contributed by atoms with Gasteiger partial charge in [-0.2, -0.15) is 0 Å². The highest BCUT2D eigenvalue weighted by molar-refractivity contribution is 5.98. The fraction of sp³-hybridized carbons (Fsp3) is 0.389. The summed E-state index contributed by atoms with van der Waals surface area (Å²) >= 11 is 0. The highest BCUT2D eigenvalue weighted by Crippen LogP contribution is 2.21. The van der Waals surface area contributed by atoms with Crippen LogP contribution in [-0.2, 0) is 0 Å². The van der Waals surface area contributed by atoms with Crippen LogP contribution < -0.4 is 5.32 Å². The Balaban J connectivity index is 0.00000176. The standard InChI is InChI=1S/C18H22N2O.ClH/c1-19-13-14-8-10-20(11-9-14)18(21)17-7-6-15-4-2-3-5-16(15)12-17;/h2-7,12,14,19H,8-11,13H2,1H3;1H. The van der Waals surface area contributed by atoms with Crippen LogP contribution in [0.1, 0.15) is 23.2 Å². The summed E-state index contributed by atoms with van der Waals surface area (Å²) in [6.07, 6.45) is 2.19. The van der Waals surface area contributed by atoms with Gasteiger partial charge >= 0.3 is 0 Å². The average Bonchev–Trinajstić information content (AvgIpc) is 2.55. The van der Waals surface area contributed by atoms with Gasteiger partial charge in [0.05, 0.1) is 0 Å². The van der Waals surface area contributed by atoms with E-state index in [9.17, 15) is 4.79 Å². The molecule has 1 amide bonds. The first kappa shape index (κ1) is 16.8. The Hall–Kier alpha value is -1.58. The van der Waals surface area contributed by atoms with Crippen molar-refractivity contribution in [1.82, 2.24) is 10.2 Å². The van der Waals surface area contributed by atoms with E-state index < -0.39 is 0 Å². The fourth-order valence-corrected chi connectivity index (χ4v) is 3.13. The monoisotopic (exact) mass is 318 g/mol. The van der Waals surface area contributed by atoms with Crippen molar-refractivity contribution in [2.45, 2.75) is 12.8 Å². The number of hydrogen-bond acceptors (Lipinski definition) is 2. The van der Waals surface area contributed by atoms with Crippen molar-refractivity contribution in [2.75, 3.05) is 26.7 Å². The number of amides is 1. The van der Waals surface area contributed by atoms with Crippen LogP contribution in [-0.4, -0.2) is 37.5 Å². The van der Waals surface area contributed by atoms with Crippen molar-refractivity contribution in [2.24, 2.45) is 5.92 Å². The summed E-state index contributed by atoms with van der Waals surface area (Å²) in [5.74, 6) is 0.874. The van der Waals surface area contributed by atoms with Crippen LogP contribution in [0.25, 0.3) is 10.8 Å². The molecule has 22 heavy (non-hydrogen) atoms. The Morgan fingerprint density at radius 3 is 2.50 bits per heavy atom. The van der Waals surface area contributed by atoms with Gasteiger partial charge in [0.15, 0.2) is 0 Å². The van der Waals surface area contributed by atoms with E-state index in [4.69, 9.17) is 0 Å². The number of carbonyl (C=O) groups is 1. The molecule has 3 nitrogen and oxygen atoms in total. The van der Waals surface area contributed by atoms with Crippen molar-refractivity contribution in [1.29, 1.82) is 0 Å². The molecule has 1 N–H and O–H groups in total. The van der Waals surface area contributed by atoms with Crippen molar-refractivity contribution >= 4 is 29.1 Å². The van der Waals surface area contributed by atoms with Crippen LogP contribution in [0.3, 0.4) is 0 Å². The van der Waals surface area contributed by atoms with Crippen molar-refractivity contribution in [3.8, 4) is 0 Å². The molecule has 1 saturated heterocycles. The van der Waals surface area contributed by atoms with Crippen LogP contribution in [0.5, 0.6) is 0 Å². The normalized spacial score (nSPS) is 15.6. The number of fused-ring (bicyclic) bond motifs is 1. The summed E-state index contributed by atoms with van der Waals surface area (Å²) in [5.41, 5.74) is 0.806. The van der Waals surface area contributed by atoms with Crippen LogP contribution in [0, 0.1) is 5.92 Å². The van der Waals surface area contributed by atoms with Gasteiger partial charge in [-0.25, -0.2) is 0 Å². The fourth-order valence-electron chi connectivity index (χ4n) is 3.13. The molecular formula is C18H23ClN2O. The smallest absolute Gasteiger partial charge is 0.253 e. The first-order chi connectivity index (χ1) is 10.3. The second-order valence-corrected chi connectivity index (χ2v) is 5.86. The van der Waals surface area contributed by atoms with Gasteiger partial charge in [0.1, 0.15) is 0 Å². The Morgan fingerprint density at radius 1 is 1.14 bits per heavy atom. The quantitative estimate of drug-likeness (QED) is 0.941. The van der Waals surface area contributed by atoms with Gasteiger partial charge in [-0.15, -0.1) is 12.4 Å². The lowest BCUT2D eigenvalue weighted by atomic mass is 9.96. The molecule has 0 radical (unpaired) electrons. The van der Waals surface area contributed by atoms with Crippen molar-refractivity contribution < 1.29 is 4.79 Å². The predicted molar refractivity (Wildman–Crippen MR) is 93.8 cm³/mol. The van der Waals surface area contributed by atoms with Gasteiger partial charge < -0.3 is 10.2 Å². The average molecular weight is 319 g/mol. The third kappa shape index (κ3) is 3.60. The van der Waals surface area contributed by atoms with Crippen LogP contribution in [0.2, 0.25) is 0 Å². The SMILES string of the molecule is CNCC1CCN(C(=O)c2ccc3ccccc3c2)CC1.Cl. The molecule has 0 spiro atoms. The third-order valence-corrected chi connectivity index (χ3v) is 4.39. The molecule has 4 heteroatoms. The maximum absolute atomic E-state index is 12.6. The molecule has 0 aliphatic carbocycles. The first-order valence-electron chi connectivity index (χ1n) is 7.70. The molecule has 118 valence electrons. The van der Waals surface area contributed by atoms with Gasteiger partial charge in [0.25, 0.3) is 5.91 Å². The van der Waals surface area contributed by atoms with Crippen LogP contribution in [0.15, 0.2) is 42.5 Å².